The van der Waals surface area contributed by atoms with Gasteiger partial charge in [-0.15, -0.1) is 10.2 Å². The summed E-state index contributed by atoms with van der Waals surface area (Å²) in [6.07, 6.45) is -0.161. The van der Waals surface area contributed by atoms with E-state index in [4.69, 9.17) is 21.1 Å². The van der Waals surface area contributed by atoms with Gasteiger partial charge in [-0.25, -0.2) is 0 Å². The molecule has 0 bridgehead atoms. The normalized spacial score (nSPS) is 10.9. The third kappa shape index (κ3) is 4.66. The minimum atomic E-state index is -0.301. The lowest BCUT2D eigenvalue weighted by Crippen LogP contribution is -2.13. The van der Waals surface area contributed by atoms with Gasteiger partial charge in [-0.05, 0) is 50.2 Å². The number of halogens is 1. The molecule has 1 aromatic heterocycles. The predicted octanol–water partition coefficient (Wildman–Crippen LogP) is 4.64. The molecule has 0 saturated heterocycles. The quantitative estimate of drug-likeness (QED) is 0.412. The van der Waals surface area contributed by atoms with Crippen LogP contribution in [0.1, 0.15) is 13.8 Å². The van der Waals surface area contributed by atoms with Gasteiger partial charge in [0.2, 0.25) is 0 Å². The van der Waals surface area contributed by atoms with Gasteiger partial charge in [-0.2, -0.15) is 0 Å². The number of thioether (sulfide) groups is 1. The third-order valence-electron chi connectivity index (χ3n) is 3.75. The molecule has 3 rings (SSSR count). The Morgan fingerprint density at radius 2 is 1.86 bits per heavy atom. The maximum atomic E-state index is 12.0. The standard InChI is InChI=1S/C20H20ClN3O3S/c1-13(2)27-18(25)12-28-20-23-22-19(16-6-4-5-7-17(16)26-3)24(20)15-10-8-14(21)9-11-15/h4-11,13H,12H2,1-3H3. The number of hydrogen-bond donors (Lipinski definition) is 0. The van der Waals surface area contributed by atoms with E-state index in [1.165, 1.54) is 11.8 Å². The monoisotopic (exact) mass is 417 g/mol. The molecule has 146 valence electrons. The number of benzene rings is 2. The van der Waals surface area contributed by atoms with E-state index in [1.54, 1.807) is 19.2 Å². The van der Waals surface area contributed by atoms with Crippen LogP contribution in [0.15, 0.2) is 53.7 Å². The summed E-state index contributed by atoms with van der Waals surface area (Å²) >= 11 is 7.31. The van der Waals surface area contributed by atoms with E-state index in [1.807, 2.05) is 54.8 Å². The molecule has 0 aliphatic heterocycles. The highest BCUT2D eigenvalue weighted by Gasteiger charge is 2.20. The maximum Gasteiger partial charge on any atom is 0.316 e. The molecule has 0 spiro atoms. The summed E-state index contributed by atoms with van der Waals surface area (Å²) in [5.74, 6) is 1.13. The predicted molar refractivity (Wildman–Crippen MR) is 110 cm³/mol. The SMILES string of the molecule is COc1ccccc1-c1nnc(SCC(=O)OC(C)C)n1-c1ccc(Cl)cc1. The van der Waals surface area contributed by atoms with Crippen molar-refractivity contribution in [2.45, 2.75) is 25.1 Å². The Morgan fingerprint density at radius 3 is 2.54 bits per heavy atom. The first kappa shape index (κ1) is 20.2. The molecule has 0 amide bonds. The first-order valence-electron chi connectivity index (χ1n) is 8.66. The zero-order valence-electron chi connectivity index (χ0n) is 15.8. The van der Waals surface area contributed by atoms with Crippen molar-refractivity contribution in [3.63, 3.8) is 0 Å². The summed E-state index contributed by atoms with van der Waals surface area (Å²) in [5, 5.41) is 9.86. The Morgan fingerprint density at radius 1 is 1.14 bits per heavy atom. The van der Waals surface area contributed by atoms with Crippen molar-refractivity contribution in [3.8, 4) is 22.8 Å². The molecule has 0 atom stereocenters. The fourth-order valence-electron chi connectivity index (χ4n) is 2.61. The van der Waals surface area contributed by atoms with Crippen LogP contribution in [0, 0.1) is 0 Å². The molecule has 1 heterocycles. The fraction of sp³-hybridized carbons (Fsp3) is 0.250. The molecule has 0 aliphatic carbocycles. The number of carbonyl (C=O) groups is 1. The first-order valence-corrected chi connectivity index (χ1v) is 10.0. The number of carbonyl (C=O) groups excluding carboxylic acids is 1. The number of aromatic nitrogens is 3. The average Bonchev–Trinajstić information content (AvgIpc) is 3.10. The lowest BCUT2D eigenvalue weighted by Gasteiger charge is -2.13. The molecule has 0 saturated carbocycles. The summed E-state index contributed by atoms with van der Waals surface area (Å²) in [6.45, 7) is 3.64. The largest absolute Gasteiger partial charge is 0.496 e. The second kappa shape index (κ2) is 9.12. The molecular weight excluding hydrogens is 398 g/mol. The molecule has 0 fully saturated rings. The number of para-hydroxylation sites is 1. The lowest BCUT2D eigenvalue weighted by molar-refractivity contribution is -0.144. The van der Waals surface area contributed by atoms with Gasteiger partial charge in [0, 0.05) is 10.7 Å². The highest BCUT2D eigenvalue weighted by Crippen LogP contribution is 2.33. The second-order valence-corrected chi connectivity index (χ2v) is 7.52. The van der Waals surface area contributed by atoms with E-state index in [-0.39, 0.29) is 17.8 Å². The van der Waals surface area contributed by atoms with Crippen LogP contribution in [-0.4, -0.2) is 39.7 Å². The van der Waals surface area contributed by atoms with Crippen molar-refractivity contribution >= 4 is 29.3 Å². The Labute approximate surface area is 172 Å². The molecule has 0 radical (unpaired) electrons. The summed E-state index contributed by atoms with van der Waals surface area (Å²) in [7, 11) is 1.61. The van der Waals surface area contributed by atoms with Gasteiger partial charge >= 0.3 is 5.97 Å². The van der Waals surface area contributed by atoms with Crippen LogP contribution < -0.4 is 4.74 Å². The van der Waals surface area contributed by atoms with Gasteiger partial charge in [-0.3, -0.25) is 9.36 Å². The Bertz CT molecular complexity index is 958. The summed E-state index contributed by atoms with van der Waals surface area (Å²) in [4.78, 5) is 12.0. The molecule has 8 heteroatoms. The number of methoxy groups -OCH3 is 1. The van der Waals surface area contributed by atoms with Crippen LogP contribution >= 0.6 is 23.4 Å². The minimum Gasteiger partial charge on any atom is -0.496 e. The summed E-state index contributed by atoms with van der Waals surface area (Å²) in [5.41, 5.74) is 1.62. The van der Waals surface area contributed by atoms with Crippen molar-refractivity contribution < 1.29 is 14.3 Å². The number of hydrogen-bond acceptors (Lipinski definition) is 6. The van der Waals surface area contributed by atoms with Gasteiger partial charge < -0.3 is 9.47 Å². The van der Waals surface area contributed by atoms with Gasteiger partial charge in [0.25, 0.3) is 0 Å². The smallest absolute Gasteiger partial charge is 0.316 e. The van der Waals surface area contributed by atoms with E-state index >= 15 is 0 Å². The molecule has 2 aromatic carbocycles. The third-order valence-corrected chi connectivity index (χ3v) is 4.91. The van der Waals surface area contributed by atoms with Crippen molar-refractivity contribution in [1.82, 2.24) is 14.8 Å². The molecule has 0 unspecified atom stereocenters. The number of rotatable bonds is 7. The van der Waals surface area contributed by atoms with Crippen LogP contribution in [0.2, 0.25) is 5.02 Å². The summed E-state index contributed by atoms with van der Waals surface area (Å²) in [6, 6.07) is 14.9. The molecule has 3 aromatic rings. The van der Waals surface area contributed by atoms with E-state index in [0.717, 1.165) is 11.3 Å². The first-order chi connectivity index (χ1) is 13.5. The van der Waals surface area contributed by atoms with Crippen LogP contribution in [0.25, 0.3) is 17.1 Å². The van der Waals surface area contributed by atoms with E-state index in [9.17, 15) is 4.79 Å². The van der Waals surface area contributed by atoms with Crippen molar-refractivity contribution in [2.75, 3.05) is 12.9 Å². The van der Waals surface area contributed by atoms with Gasteiger partial charge in [0.05, 0.1) is 24.5 Å². The Kier molecular flexibility index (Phi) is 6.59. The zero-order valence-corrected chi connectivity index (χ0v) is 17.3. The zero-order chi connectivity index (χ0) is 20.1. The van der Waals surface area contributed by atoms with Gasteiger partial charge in [-0.1, -0.05) is 35.5 Å². The number of ether oxygens (including phenoxy) is 2. The molecule has 28 heavy (non-hydrogen) atoms. The average molecular weight is 418 g/mol. The molecule has 0 aliphatic rings. The highest BCUT2D eigenvalue weighted by molar-refractivity contribution is 7.99. The number of nitrogens with zero attached hydrogens (tertiary/aromatic N) is 3. The Hall–Kier alpha value is -2.51. The second-order valence-electron chi connectivity index (χ2n) is 6.15. The number of esters is 1. The van der Waals surface area contributed by atoms with Gasteiger partial charge in [0.1, 0.15) is 5.75 Å². The van der Waals surface area contributed by atoms with Crippen LogP contribution in [0.5, 0.6) is 5.75 Å². The van der Waals surface area contributed by atoms with Crippen molar-refractivity contribution in [1.29, 1.82) is 0 Å². The van der Waals surface area contributed by atoms with Crippen LogP contribution in [0.3, 0.4) is 0 Å². The van der Waals surface area contributed by atoms with E-state index < -0.39 is 0 Å². The van der Waals surface area contributed by atoms with Crippen LogP contribution in [-0.2, 0) is 9.53 Å². The lowest BCUT2D eigenvalue weighted by atomic mass is 10.2. The van der Waals surface area contributed by atoms with Gasteiger partial charge in [0.15, 0.2) is 11.0 Å². The van der Waals surface area contributed by atoms with E-state index in [2.05, 4.69) is 10.2 Å². The Balaban J connectivity index is 2.02. The van der Waals surface area contributed by atoms with Crippen molar-refractivity contribution in [3.05, 3.63) is 53.6 Å². The minimum absolute atomic E-state index is 0.135. The summed E-state index contributed by atoms with van der Waals surface area (Å²) < 4.78 is 12.6. The highest BCUT2D eigenvalue weighted by atomic mass is 35.5. The molecule has 0 N–H and O–H groups in total. The topological polar surface area (TPSA) is 66.2 Å². The fourth-order valence-corrected chi connectivity index (χ4v) is 3.47. The molecular formula is C20H20ClN3O3S. The van der Waals surface area contributed by atoms with E-state index in [0.29, 0.717) is 21.8 Å². The van der Waals surface area contributed by atoms with Crippen LogP contribution in [0.4, 0.5) is 0 Å². The molecule has 6 nitrogen and oxygen atoms in total. The van der Waals surface area contributed by atoms with Crippen molar-refractivity contribution in [2.24, 2.45) is 0 Å². The maximum absolute atomic E-state index is 12.0.